The van der Waals surface area contributed by atoms with E-state index in [-0.39, 0.29) is 36.0 Å². The Bertz CT molecular complexity index is 720. The molecule has 3 nitrogen and oxygen atoms in total. The molecular weight excluding hydrogens is 598 g/mol. The number of nitrogens with zero attached hydrogens (tertiary/aromatic N) is 1. The van der Waals surface area contributed by atoms with Crippen molar-refractivity contribution in [3.05, 3.63) is 34.9 Å². The van der Waals surface area contributed by atoms with Gasteiger partial charge in [-0.25, -0.2) is 0 Å². The van der Waals surface area contributed by atoms with E-state index < -0.39 is 23.4 Å². The van der Waals surface area contributed by atoms with Gasteiger partial charge in [-0.2, -0.15) is 0 Å². The number of amides is 2. The van der Waals surface area contributed by atoms with Crippen LogP contribution in [0.3, 0.4) is 0 Å². The molecule has 11 heteroatoms. The van der Waals surface area contributed by atoms with Crippen LogP contribution >= 0.6 is 15.8 Å². The fraction of sp³-hybridized carbons (Fsp3) is 0.680. The van der Waals surface area contributed by atoms with Gasteiger partial charge in [-0.15, -0.1) is 0 Å². The number of halogens is 4. The summed E-state index contributed by atoms with van der Waals surface area (Å²) in [6.07, 6.45) is 18.9. The molecule has 0 bridgehead atoms. The smallest absolute Gasteiger partial charge is 0.762 e. The van der Waals surface area contributed by atoms with Crippen molar-refractivity contribution in [2.45, 2.75) is 102 Å². The van der Waals surface area contributed by atoms with Crippen molar-refractivity contribution in [3.63, 3.8) is 0 Å². The van der Waals surface area contributed by atoms with Gasteiger partial charge in [0.2, 0.25) is 10.6 Å². The van der Waals surface area contributed by atoms with Crippen LogP contribution in [0, 0.1) is 0 Å². The molecule has 0 aromatic heterocycles. The first-order valence-corrected chi connectivity index (χ1v) is 15.9. The number of hydrogen-bond donors (Lipinski definition) is 0. The Kier molecular flexibility index (Phi) is 17.1. The molecule has 36 heavy (non-hydrogen) atoms. The molecule has 0 aromatic carbocycles. The van der Waals surface area contributed by atoms with Crippen LogP contribution in [0.1, 0.15) is 79.1 Å². The summed E-state index contributed by atoms with van der Waals surface area (Å²) in [6.45, 7) is 9.21. The van der Waals surface area contributed by atoms with Gasteiger partial charge in [-0.05, 0) is 79.1 Å². The third-order valence-corrected chi connectivity index (χ3v) is 15.1. The van der Waals surface area contributed by atoms with Gasteiger partial charge < -0.3 is 4.70 Å². The van der Waals surface area contributed by atoms with E-state index in [9.17, 15) is 22.5 Å². The maximum Gasteiger partial charge on any atom is 0.762 e. The maximum absolute atomic E-state index is 12.9. The number of rotatable bonds is 2. The molecule has 4 rings (SSSR count). The first-order chi connectivity index (χ1) is 16.1. The Morgan fingerprint density at radius 1 is 0.694 bits per heavy atom. The summed E-state index contributed by atoms with van der Waals surface area (Å²) in [5.74, 6) is 0.108. The Morgan fingerprint density at radius 3 is 1.14 bits per heavy atom. The Hall–Kier alpha value is -0.372. The zero-order chi connectivity index (χ0) is 25.4. The SMILES string of the molecule is C1=CCCC=CCC1.C[C@@H]1CC[C@@H](C)[PH+]1C1=C([PH+]2[C@H](C)CC[C@H]2C)C(=O)N(C)C1=O.FB(F)F.[F-].[Rh]. The van der Waals surface area contributed by atoms with Gasteiger partial charge in [0, 0.05) is 42.4 Å². The van der Waals surface area contributed by atoms with Crippen LogP contribution in [0.4, 0.5) is 12.9 Å². The maximum atomic E-state index is 12.9. The van der Waals surface area contributed by atoms with E-state index in [0.717, 1.165) is 10.6 Å². The van der Waals surface area contributed by atoms with Crippen molar-refractivity contribution >= 4 is 35.2 Å². The van der Waals surface area contributed by atoms with Gasteiger partial charge in [0.1, 0.15) is 0 Å². The predicted octanol–water partition coefficient (Wildman–Crippen LogP) is 4.32. The molecular formula is C25H41BF4NO2P2Rh+. The topological polar surface area (TPSA) is 37.4 Å². The van der Waals surface area contributed by atoms with Crippen molar-refractivity contribution in [3.8, 4) is 0 Å². The predicted molar refractivity (Wildman–Crippen MR) is 144 cm³/mol. The molecule has 207 valence electrons. The molecule has 0 spiro atoms. The van der Waals surface area contributed by atoms with Crippen LogP contribution in [0.15, 0.2) is 34.9 Å². The summed E-state index contributed by atoms with van der Waals surface area (Å²) >= 11 is 0. The summed E-state index contributed by atoms with van der Waals surface area (Å²) in [5, 5.41) is 2.06. The molecule has 0 saturated carbocycles. The first kappa shape index (κ1) is 35.6. The zero-order valence-corrected chi connectivity index (χ0v) is 25.6. The molecule has 0 aromatic rings. The Labute approximate surface area is 230 Å². The number of imide groups is 1. The second kappa shape index (κ2) is 17.3. The fourth-order valence-electron chi connectivity index (χ4n) is 5.61. The summed E-state index contributed by atoms with van der Waals surface area (Å²) in [7, 11) is -3.77. The van der Waals surface area contributed by atoms with E-state index in [1.54, 1.807) is 7.05 Å². The largest absolute Gasteiger partial charge is 1.00 e. The van der Waals surface area contributed by atoms with Crippen molar-refractivity contribution in [1.29, 1.82) is 0 Å². The van der Waals surface area contributed by atoms with Gasteiger partial charge >= 0.3 is 7.54 Å². The van der Waals surface area contributed by atoms with Crippen LogP contribution < -0.4 is 4.70 Å². The van der Waals surface area contributed by atoms with Crippen molar-refractivity contribution in [2.75, 3.05) is 7.05 Å². The molecule has 1 radical (unpaired) electrons. The monoisotopic (exact) mass is 639 g/mol. The summed E-state index contributed by atoms with van der Waals surface area (Å²) in [6, 6.07) is 0. The van der Waals surface area contributed by atoms with Crippen LogP contribution in [-0.4, -0.2) is 53.9 Å². The van der Waals surface area contributed by atoms with Gasteiger partial charge in [0.15, 0.2) is 0 Å². The normalized spacial score (nSPS) is 28.4. The number of hydrogen-bond acceptors (Lipinski definition) is 2. The van der Waals surface area contributed by atoms with Gasteiger partial charge in [-0.3, -0.25) is 27.4 Å². The van der Waals surface area contributed by atoms with Crippen LogP contribution in [0.2, 0.25) is 0 Å². The molecule has 3 aliphatic heterocycles. The Morgan fingerprint density at radius 2 is 0.917 bits per heavy atom. The third kappa shape index (κ3) is 9.43. The van der Waals surface area contributed by atoms with Crippen LogP contribution in [0.5, 0.6) is 0 Å². The van der Waals surface area contributed by atoms with Crippen LogP contribution in [0.25, 0.3) is 0 Å². The minimum Gasteiger partial charge on any atom is -1.00 e. The molecule has 0 N–H and O–H groups in total. The zero-order valence-electron chi connectivity index (χ0n) is 22.0. The molecule has 2 saturated heterocycles. The van der Waals surface area contributed by atoms with Crippen molar-refractivity contribution < 1.29 is 46.7 Å². The van der Waals surface area contributed by atoms with Crippen LogP contribution in [-0.2, 0) is 29.1 Å². The molecule has 0 unspecified atom stereocenters. The molecule has 2 amide bonds. The molecule has 4 aliphatic rings. The Balaban J connectivity index is 0.000000733. The third-order valence-electron chi connectivity index (χ3n) is 7.39. The number of carbonyl (C=O) groups excluding carboxylic acids is 2. The van der Waals surface area contributed by atoms with Gasteiger partial charge in [0.25, 0.3) is 11.8 Å². The molecule has 3 heterocycles. The summed E-state index contributed by atoms with van der Waals surface area (Å²) < 4.78 is 29.0. The fourth-order valence-corrected chi connectivity index (χ4v) is 13.9. The van der Waals surface area contributed by atoms with Crippen molar-refractivity contribution in [1.82, 2.24) is 4.90 Å². The van der Waals surface area contributed by atoms with E-state index >= 15 is 0 Å². The van der Waals surface area contributed by atoms with Gasteiger partial charge in [0.05, 0.1) is 22.6 Å². The minimum atomic E-state index is -3.67. The quantitative estimate of drug-likeness (QED) is 0.149. The number of carbonyl (C=O) groups is 2. The minimum absolute atomic E-state index is 0. The van der Waals surface area contributed by atoms with E-state index in [2.05, 4.69) is 52.0 Å². The van der Waals surface area contributed by atoms with Gasteiger partial charge in [-0.1, -0.05) is 24.3 Å². The van der Waals surface area contributed by atoms with E-state index in [0.29, 0.717) is 22.6 Å². The number of allylic oxidation sites excluding steroid dienone is 4. The average Bonchev–Trinajstić information content (AvgIpc) is 3.31. The van der Waals surface area contributed by atoms with Crippen molar-refractivity contribution in [2.24, 2.45) is 0 Å². The standard InChI is InChI=1S/C17H27NO2P2.C8H12.BF3.FH.Rh/c1-10-6-7-11(2)21(10)14-15(17(20)18(5)16(14)19)22-12(3)8-9-13(22)4;1-2-4-6-8-7-5-3-1;2-1(3)4;;/h10-13H,6-9H2,1-5H3;1-2,7-8H,3-6H2;;1H;/p+1/t10-,11-,12-,13-;;;;/m1..../s1. The van der Waals surface area contributed by atoms with E-state index in [4.69, 9.17) is 0 Å². The molecule has 1 aliphatic carbocycles. The average molecular weight is 639 g/mol. The second-order valence-electron chi connectivity index (χ2n) is 9.93. The number of likely N-dealkylation sites (N-methyl/N-ethyl adjacent to an activating group) is 1. The summed E-state index contributed by atoms with van der Waals surface area (Å²) in [5.41, 5.74) is 2.51. The molecule has 4 atom stereocenters. The first-order valence-electron chi connectivity index (χ1n) is 12.6. The second-order valence-corrected chi connectivity index (χ2v) is 16.7. The van der Waals surface area contributed by atoms with E-state index in [1.807, 2.05) is 0 Å². The molecule has 2 fully saturated rings. The van der Waals surface area contributed by atoms with E-state index in [1.165, 1.54) is 56.3 Å². The summed E-state index contributed by atoms with van der Waals surface area (Å²) in [4.78, 5) is 27.2.